The smallest absolute Gasteiger partial charge is 0.168 e. The van der Waals surface area contributed by atoms with Crippen LogP contribution in [0.25, 0.3) is 17.1 Å². The van der Waals surface area contributed by atoms with Crippen molar-refractivity contribution in [2.24, 2.45) is 0 Å². The number of benzene rings is 2. The van der Waals surface area contributed by atoms with Gasteiger partial charge in [-0.25, -0.2) is 0 Å². The molecule has 1 aromatic heterocycles. The van der Waals surface area contributed by atoms with Gasteiger partial charge in [-0.3, -0.25) is 4.57 Å². The van der Waals surface area contributed by atoms with Gasteiger partial charge in [0.1, 0.15) is 5.82 Å². The molecule has 1 aliphatic rings. The lowest BCUT2D eigenvalue weighted by atomic mass is 10.1. The third-order valence-corrected chi connectivity index (χ3v) is 4.44. The number of fused-ring (bicyclic) bond motifs is 3. The number of aryl methyl sites for hydroxylation is 1. The van der Waals surface area contributed by atoms with E-state index in [-0.39, 0.29) is 5.92 Å². The molecule has 5 heteroatoms. The van der Waals surface area contributed by atoms with E-state index in [0.29, 0.717) is 0 Å². The van der Waals surface area contributed by atoms with Gasteiger partial charge in [-0.2, -0.15) is 0 Å². The zero-order valence-corrected chi connectivity index (χ0v) is 13.8. The fourth-order valence-electron chi connectivity index (χ4n) is 3.02. The lowest BCUT2D eigenvalue weighted by molar-refractivity contribution is 0.725. The average molecular weight is 325 g/mol. The molecule has 4 rings (SSSR count). The lowest BCUT2D eigenvalue weighted by Crippen LogP contribution is -2.09. The van der Waals surface area contributed by atoms with Gasteiger partial charge in [0, 0.05) is 23.0 Å². The summed E-state index contributed by atoms with van der Waals surface area (Å²) in [5.41, 5.74) is 4.32. The van der Waals surface area contributed by atoms with Gasteiger partial charge in [-0.1, -0.05) is 42.3 Å². The first kappa shape index (κ1) is 14.3. The molecule has 3 aromatic rings. The SMILES string of the molecule is Cc1cccc(-c2nnc3n2-c2ccc(Cl)cc2NC[C@@H]3C)c1. The molecule has 0 spiro atoms. The zero-order valence-electron chi connectivity index (χ0n) is 13.0. The topological polar surface area (TPSA) is 42.7 Å². The van der Waals surface area contributed by atoms with E-state index in [2.05, 4.69) is 52.1 Å². The summed E-state index contributed by atoms with van der Waals surface area (Å²) in [6.07, 6.45) is 0. The Kier molecular flexibility index (Phi) is 3.34. The maximum Gasteiger partial charge on any atom is 0.168 e. The van der Waals surface area contributed by atoms with E-state index in [1.165, 1.54) is 5.56 Å². The number of aromatic nitrogens is 3. The van der Waals surface area contributed by atoms with E-state index in [4.69, 9.17) is 11.6 Å². The minimum atomic E-state index is 0.257. The van der Waals surface area contributed by atoms with Crippen molar-refractivity contribution in [1.82, 2.24) is 14.8 Å². The standard InChI is InChI=1S/C18H17ClN4/c1-11-4-3-5-13(8-11)18-22-21-17-12(2)10-20-15-9-14(19)6-7-16(15)23(17)18/h3-9,12,20H,10H2,1-2H3/t12-/m0/s1. The van der Waals surface area contributed by atoms with Gasteiger partial charge in [-0.05, 0) is 31.2 Å². The molecule has 1 atom stereocenters. The Bertz CT molecular complexity index is 884. The number of nitrogens with one attached hydrogen (secondary N) is 1. The molecule has 116 valence electrons. The van der Waals surface area contributed by atoms with Crippen LogP contribution in [-0.2, 0) is 0 Å². The summed E-state index contributed by atoms with van der Waals surface area (Å²) in [5, 5.41) is 13.1. The second kappa shape index (κ2) is 5.39. The molecule has 0 unspecified atom stereocenters. The number of nitrogens with zero attached hydrogens (tertiary/aromatic N) is 3. The minimum Gasteiger partial charge on any atom is -0.383 e. The van der Waals surface area contributed by atoms with Crippen molar-refractivity contribution in [1.29, 1.82) is 0 Å². The molecule has 0 aliphatic carbocycles. The average Bonchev–Trinajstić information content (AvgIpc) is 2.92. The summed E-state index contributed by atoms with van der Waals surface area (Å²) in [7, 11) is 0. The highest BCUT2D eigenvalue weighted by Gasteiger charge is 2.25. The summed E-state index contributed by atoms with van der Waals surface area (Å²) in [6, 6.07) is 14.2. The van der Waals surface area contributed by atoms with Crippen LogP contribution in [0.3, 0.4) is 0 Å². The van der Waals surface area contributed by atoms with Crippen LogP contribution in [0, 0.1) is 6.92 Å². The molecule has 2 aromatic carbocycles. The van der Waals surface area contributed by atoms with Crippen molar-refractivity contribution in [3.63, 3.8) is 0 Å². The van der Waals surface area contributed by atoms with Crippen molar-refractivity contribution < 1.29 is 0 Å². The van der Waals surface area contributed by atoms with Crippen LogP contribution in [0.4, 0.5) is 5.69 Å². The van der Waals surface area contributed by atoms with E-state index in [0.717, 1.165) is 40.2 Å². The van der Waals surface area contributed by atoms with Crippen molar-refractivity contribution in [3.8, 4) is 17.1 Å². The zero-order chi connectivity index (χ0) is 16.0. The molecule has 0 bridgehead atoms. The third kappa shape index (κ3) is 2.39. The summed E-state index contributed by atoms with van der Waals surface area (Å²) in [6.45, 7) is 5.04. The van der Waals surface area contributed by atoms with Crippen molar-refractivity contribution in [2.45, 2.75) is 19.8 Å². The second-order valence-corrected chi connectivity index (χ2v) is 6.47. The quantitative estimate of drug-likeness (QED) is 0.720. The second-order valence-electron chi connectivity index (χ2n) is 6.03. The molecule has 2 heterocycles. The van der Waals surface area contributed by atoms with E-state index in [1.54, 1.807) is 0 Å². The molecule has 0 saturated heterocycles. The number of hydrogen-bond donors (Lipinski definition) is 1. The minimum absolute atomic E-state index is 0.257. The van der Waals surface area contributed by atoms with Gasteiger partial charge in [0.2, 0.25) is 0 Å². The number of hydrogen-bond acceptors (Lipinski definition) is 3. The largest absolute Gasteiger partial charge is 0.383 e. The highest BCUT2D eigenvalue weighted by Crippen LogP contribution is 2.34. The molecule has 0 saturated carbocycles. The fourth-order valence-corrected chi connectivity index (χ4v) is 3.20. The molecule has 1 aliphatic heterocycles. The number of halogens is 1. The van der Waals surface area contributed by atoms with Gasteiger partial charge in [0.05, 0.1) is 11.4 Å². The predicted molar refractivity (Wildman–Crippen MR) is 93.4 cm³/mol. The van der Waals surface area contributed by atoms with E-state index < -0.39 is 0 Å². The highest BCUT2D eigenvalue weighted by atomic mass is 35.5. The van der Waals surface area contributed by atoms with Crippen LogP contribution in [-0.4, -0.2) is 21.3 Å². The summed E-state index contributed by atoms with van der Waals surface area (Å²) >= 11 is 6.16. The summed E-state index contributed by atoms with van der Waals surface area (Å²) < 4.78 is 2.14. The summed E-state index contributed by atoms with van der Waals surface area (Å²) in [4.78, 5) is 0. The summed E-state index contributed by atoms with van der Waals surface area (Å²) in [5.74, 6) is 2.09. The molecule has 1 N–H and O–H groups in total. The third-order valence-electron chi connectivity index (χ3n) is 4.20. The predicted octanol–water partition coefficient (Wildman–Crippen LogP) is 4.43. The van der Waals surface area contributed by atoms with Crippen LogP contribution >= 0.6 is 11.6 Å². The van der Waals surface area contributed by atoms with Gasteiger partial charge >= 0.3 is 0 Å². The van der Waals surface area contributed by atoms with Crippen LogP contribution < -0.4 is 5.32 Å². The van der Waals surface area contributed by atoms with Gasteiger partial charge in [0.15, 0.2) is 5.82 Å². The molecule has 0 fully saturated rings. The van der Waals surface area contributed by atoms with E-state index in [9.17, 15) is 0 Å². The van der Waals surface area contributed by atoms with Crippen LogP contribution in [0.15, 0.2) is 42.5 Å². The van der Waals surface area contributed by atoms with Gasteiger partial charge in [0.25, 0.3) is 0 Å². The first-order valence-electron chi connectivity index (χ1n) is 7.69. The highest BCUT2D eigenvalue weighted by molar-refractivity contribution is 6.31. The molecule has 0 radical (unpaired) electrons. The monoisotopic (exact) mass is 324 g/mol. The molecule has 0 amide bonds. The maximum atomic E-state index is 6.16. The van der Waals surface area contributed by atoms with E-state index >= 15 is 0 Å². The molecular formula is C18H17ClN4. The Morgan fingerprint density at radius 1 is 1.17 bits per heavy atom. The van der Waals surface area contributed by atoms with Crippen LogP contribution in [0.2, 0.25) is 5.02 Å². The normalized spacial score (nSPS) is 16.2. The number of anilines is 1. The first-order chi connectivity index (χ1) is 11.1. The lowest BCUT2D eigenvalue weighted by Gasteiger charge is -2.12. The molecular weight excluding hydrogens is 308 g/mol. The Morgan fingerprint density at radius 3 is 2.87 bits per heavy atom. The van der Waals surface area contributed by atoms with Crippen LogP contribution in [0.5, 0.6) is 0 Å². The van der Waals surface area contributed by atoms with Crippen molar-refractivity contribution >= 4 is 17.3 Å². The van der Waals surface area contributed by atoms with Crippen LogP contribution in [0.1, 0.15) is 24.2 Å². The fraction of sp³-hybridized carbons (Fsp3) is 0.222. The van der Waals surface area contributed by atoms with Gasteiger partial charge < -0.3 is 5.32 Å². The Morgan fingerprint density at radius 2 is 2.04 bits per heavy atom. The Hall–Kier alpha value is -2.33. The maximum absolute atomic E-state index is 6.16. The van der Waals surface area contributed by atoms with Gasteiger partial charge in [-0.15, -0.1) is 10.2 Å². The van der Waals surface area contributed by atoms with E-state index in [1.807, 2.05) is 24.3 Å². The van der Waals surface area contributed by atoms with Crippen molar-refractivity contribution in [3.05, 3.63) is 58.9 Å². The Balaban J connectivity index is 1.99. The Labute approximate surface area is 140 Å². The first-order valence-corrected chi connectivity index (χ1v) is 8.07. The number of rotatable bonds is 1. The molecule has 4 nitrogen and oxygen atoms in total. The van der Waals surface area contributed by atoms with Crippen molar-refractivity contribution in [2.75, 3.05) is 11.9 Å². The molecule has 23 heavy (non-hydrogen) atoms.